The fraction of sp³-hybridized carbons (Fsp3) is 0.556. The van der Waals surface area contributed by atoms with E-state index >= 15 is 0 Å². The van der Waals surface area contributed by atoms with Crippen molar-refractivity contribution in [2.75, 3.05) is 0 Å². The van der Waals surface area contributed by atoms with Crippen LogP contribution >= 0.6 is 0 Å². The Labute approximate surface area is 131 Å². The molecule has 3 rings (SSSR count). The van der Waals surface area contributed by atoms with E-state index in [1.54, 1.807) is 0 Å². The number of nitrogens with zero attached hydrogens (tertiary/aromatic N) is 2. The van der Waals surface area contributed by atoms with Crippen LogP contribution in [0.25, 0.3) is 10.9 Å². The van der Waals surface area contributed by atoms with E-state index in [2.05, 4.69) is 16.5 Å². The molecule has 1 amide bonds. The van der Waals surface area contributed by atoms with Gasteiger partial charge < -0.3 is 5.32 Å². The zero-order valence-electron chi connectivity index (χ0n) is 13.5. The smallest absolute Gasteiger partial charge is 0.244 e. The first-order valence-corrected chi connectivity index (χ1v) is 8.41. The van der Waals surface area contributed by atoms with Crippen LogP contribution in [0.4, 0.5) is 0 Å². The first-order valence-electron chi connectivity index (χ1n) is 8.41. The van der Waals surface area contributed by atoms with E-state index in [4.69, 9.17) is 0 Å². The van der Waals surface area contributed by atoms with Gasteiger partial charge in [0.1, 0.15) is 6.04 Å². The maximum absolute atomic E-state index is 12.6. The number of aromatic nitrogens is 2. The number of nitrogens with one attached hydrogen (secondary N) is 1. The molecule has 1 aromatic heterocycles. The molecule has 1 N–H and O–H groups in total. The molecular formula is C18H25N3O. The van der Waals surface area contributed by atoms with Gasteiger partial charge in [0, 0.05) is 11.4 Å². The molecule has 1 saturated carbocycles. The molecule has 1 fully saturated rings. The van der Waals surface area contributed by atoms with Crippen molar-refractivity contribution in [1.29, 1.82) is 0 Å². The summed E-state index contributed by atoms with van der Waals surface area (Å²) >= 11 is 0. The summed E-state index contributed by atoms with van der Waals surface area (Å²) in [6.45, 7) is 3.93. The molecule has 0 radical (unpaired) electrons. The quantitative estimate of drug-likeness (QED) is 0.878. The molecule has 1 aromatic carbocycles. The fourth-order valence-electron chi connectivity index (χ4n) is 3.40. The van der Waals surface area contributed by atoms with Crippen LogP contribution in [0.2, 0.25) is 0 Å². The maximum atomic E-state index is 12.6. The molecule has 1 aliphatic carbocycles. The summed E-state index contributed by atoms with van der Waals surface area (Å²) < 4.78 is 1.86. The van der Waals surface area contributed by atoms with Crippen LogP contribution in [0.15, 0.2) is 24.3 Å². The lowest BCUT2D eigenvalue weighted by Crippen LogP contribution is -2.39. The SMILES string of the molecule is Cc1nn([C@H](C)C(=O)NC2CCCCCC2)c2ccccc12. The highest BCUT2D eigenvalue weighted by Gasteiger charge is 2.22. The van der Waals surface area contributed by atoms with Crippen LogP contribution in [0.5, 0.6) is 0 Å². The number of hydrogen-bond acceptors (Lipinski definition) is 2. The molecular weight excluding hydrogens is 274 g/mol. The van der Waals surface area contributed by atoms with Crippen molar-refractivity contribution >= 4 is 16.8 Å². The molecule has 0 saturated heterocycles. The van der Waals surface area contributed by atoms with Crippen molar-refractivity contribution in [2.45, 2.75) is 64.5 Å². The van der Waals surface area contributed by atoms with Crippen molar-refractivity contribution in [3.05, 3.63) is 30.0 Å². The average molecular weight is 299 g/mol. The van der Waals surface area contributed by atoms with Gasteiger partial charge in [-0.3, -0.25) is 9.48 Å². The highest BCUT2D eigenvalue weighted by Crippen LogP contribution is 2.22. The predicted molar refractivity (Wildman–Crippen MR) is 88.8 cm³/mol. The molecule has 22 heavy (non-hydrogen) atoms. The van der Waals surface area contributed by atoms with Crippen LogP contribution in [0.1, 0.15) is 57.2 Å². The Morgan fingerprint density at radius 2 is 1.91 bits per heavy atom. The van der Waals surface area contributed by atoms with Gasteiger partial charge in [0.05, 0.1) is 11.2 Å². The summed E-state index contributed by atoms with van der Waals surface area (Å²) in [7, 11) is 0. The van der Waals surface area contributed by atoms with Crippen LogP contribution in [0, 0.1) is 6.92 Å². The van der Waals surface area contributed by atoms with Gasteiger partial charge in [0.2, 0.25) is 5.91 Å². The minimum absolute atomic E-state index is 0.0835. The van der Waals surface area contributed by atoms with Crippen molar-refractivity contribution in [3.8, 4) is 0 Å². The molecule has 0 unspecified atom stereocenters. The molecule has 118 valence electrons. The van der Waals surface area contributed by atoms with Crippen LogP contribution < -0.4 is 5.32 Å². The largest absolute Gasteiger partial charge is 0.352 e. The van der Waals surface area contributed by atoms with E-state index in [1.165, 1.54) is 25.7 Å². The second kappa shape index (κ2) is 6.51. The zero-order valence-corrected chi connectivity index (χ0v) is 13.5. The van der Waals surface area contributed by atoms with Gasteiger partial charge in [-0.1, -0.05) is 43.9 Å². The predicted octanol–water partition coefficient (Wildman–Crippen LogP) is 3.74. The Morgan fingerprint density at radius 3 is 2.64 bits per heavy atom. The van der Waals surface area contributed by atoms with Gasteiger partial charge in [-0.05, 0) is 32.8 Å². The third-order valence-electron chi connectivity index (χ3n) is 4.75. The molecule has 4 nitrogen and oxygen atoms in total. The maximum Gasteiger partial charge on any atom is 0.244 e. The van der Waals surface area contributed by atoms with Crippen molar-refractivity contribution in [3.63, 3.8) is 0 Å². The number of aryl methyl sites for hydroxylation is 1. The first kappa shape index (κ1) is 15.1. The van der Waals surface area contributed by atoms with Gasteiger partial charge in [-0.25, -0.2) is 0 Å². The molecule has 0 bridgehead atoms. The Kier molecular flexibility index (Phi) is 4.46. The Morgan fingerprint density at radius 1 is 1.23 bits per heavy atom. The van der Waals surface area contributed by atoms with Crippen LogP contribution in [0.3, 0.4) is 0 Å². The van der Waals surface area contributed by atoms with E-state index in [-0.39, 0.29) is 11.9 Å². The van der Waals surface area contributed by atoms with Gasteiger partial charge in [0.15, 0.2) is 0 Å². The lowest BCUT2D eigenvalue weighted by molar-refractivity contribution is -0.124. The Bertz CT molecular complexity index is 653. The van der Waals surface area contributed by atoms with Crippen LogP contribution in [-0.2, 0) is 4.79 Å². The second-order valence-corrected chi connectivity index (χ2v) is 6.42. The number of benzene rings is 1. The van der Waals surface area contributed by atoms with Crippen molar-refractivity contribution in [2.24, 2.45) is 0 Å². The molecule has 4 heteroatoms. The lowest BCUT2D eigenvalue weighted by atomic mass is 10.1. The summed E-state index contributed by atoms with van der Waals surface area (Å²) in [5, 5.41) is 8.93. The van der Waals surface area contributed by atoms with E-state index in [9.17, 15) is 4.79 Å². The monoisotopic (exact) mass is 299 g/mol. The molecule has 1 aliphatic rings. The van der Waals surface area contributed by atoms with Gasteiger partial charge in [-0.2, -0.15) is 5.10 Å². The molecule has 2 aromatic rings. The highest BCUT2D eigenvalue weighted by atomic mass is 16.2. The number of hydrogen-bond donors (Lipinski definition) is 1. The van der Waals surface area contributed by atoms with Crippen molar-refractivity contribution in [1.82, 2.24) is 15.1 Å². The summed E-state index contributed by atoms with van der Waals surface area (Å²) in [5.74, 6) is 0.0835. The molecule has 1 heterocycles. The number of amides is 1. The third-order valence-corrected chi connectivity index (χ3v) is 4.75. The number of para-hydroxylation sites is 1. The Hall–Kier alpha value is -1.84. The zero-order chi connectivity index (χ0) is 15.5. The average Bonchev–Trinajstić information content (AvgIpc) is 2.70. The Balaban J connectivity index is 1.77. The van der Waals surface area contributed by atoms with Crippen molar-refractivity contribution < 1.29 is 4.79 Å². The lowest BCUT2D eigenvalue weighted by Gasteiger charge is -2.20. The number of carbonyl (C=O) groups is 1. The van der Waals surface area contributed by atoms with Crippen LogP contribution in [-0.4, -0.2) is 21.7 Å². The topological polar surface area (TPSA) is 46.9 Å². The number of rotatable bonds is 3. The minimum atomic E-state index is -0.276. The minimum Gasteiger partial charge on any atom is -0.352 e. The summed E-state index contributed by atoms with van der Waals surface area (Å²) in [6, 6.07) is 8.16. The van der Waals surface area contributed by atoms with E-state index in [0.29, 0.717) is 6.04 Å². The van der Waals surface area contributed by atoms with E-state index in [1.807, 2.05) is 36.7 Å². The summed E-state index contributed by atoms with van der Waals surface area (Å²) in [4.78, 5) is 12.6. The first-order chi connectivity index (χ1) is 10.7. The van der Waals surface area contributed by atoms with E-state index in [0.717, 1.165) is 29.4 Å². The molecule has 1 atom stereocenters. The molecule has 0 spiro atoms. The molecule has 0 aliphatic heterocycles. The number of fused-ring (bicyclic) bond motifs is 1. The summed E-state index contributed by atoms with van der Waals surface area (Å²) in [6.07, 6.45) is 7.26. The standard InChI is InChI=1S/C18H25N3O/c1-13-16-11-7-8-12-17(16)21(20-13)14(2)18(22)19-15-9-5-3-4-6-10-15/h7-8,11-12,14-15H,3-6,9-10H2,1-2H3,(H,19,22)/t14-/m1/s1. The second-order valence-electron chi connectivity index (χ2n) is 6.42. The fourth-order valence-corrected chi connectivity index (χ4v) is 3.40. The highest BCUT2D eigenvalue weighted by molar-refractivity contribution is 5.86. The van der Waals surface area contributed by atoms with E-state index < -0.39 is 0 Å². The van der Waals surface area contributed by atoms with Gasteiger partial charge in [0.25, 0.3) is 0 Å². The number of carbonyl (C=O) groups excluding carboxylic acids is 1. The summed E-state index contributed by atoms with van der Waals surface area (Å²) in [5.41, 5.74) is 2.01. The normalized spacial score (nSPS) is 18.1. The van der Waals surface area contributed by atoms with Gasteiger partial charge >= 0.3 is 0 Å². The van der Waals surface area contributed by atoms with Gasteiger partial charge in [-0.15, -0.1) is 0 Å². The third kappa shape index (κ3) is 3.01.